The number of amides is 1. The van der Waals surface area contributed by atoms with Crippen LogP contribution in [0.15, 0.2) is 24.3 Å². The summed E-state index contributed by atoms with van der Waals surface area (Å²) >= 11 is 6.81. The molecule has 1 aromatic heterocycles. The number of nitrogens with one attached hydrogen (secondary N) is 2. The summed E-state index contributed by atoms with van der Waals surface area (Å²) in [4.78, 5) is 13.8. The normalized spacial score (nSPS) is 12.2. The van der Waals surface area contributed by atoms with Crippen LogP contribution >= 0.6 is 23.6 Å². The predicted molar refractivity (Wildman–Crippen MR) is 107 cm³/mol. The van der Waals surface area contributed by atoms with Crippen LogP contribution in [-0.2, 0) is 12.8 Å². The van der Waals surface area contributed by atoms with E-state index in [0.29, 0.717) is 28.5 Å². The van der Waals surface area contributed by atoms with Gasteiger partial charge in [0, 0.05) is 4.88 Å². The van der Waals surface area contributed by atoms with Crippen molar-refractivity contribution in [1.82, 2.24) is 5.32 Å². The Kier molecular flexibility index (Phi) is 5.86. The molecule has 2 aromatic rings. The summed E-state index contributed by atoms with van der Waals surface area (Å²) in [5, 5.41) is 16.0. The average Bonchev–Trinajstić information content (AvgIpc) is 3.20. The van der Waals surface area contributed by atoms with E-state index in [4.69, 9.17) is 17.0 Å². The van der Waals surface area contributed by atoms with Gasteiger partial charge in [-0.2, -0.15) is 5.26 Å². The van der Waals surface area contributed by atoms with Crippen LogP contribution in [0, 0.1) is 11.3 Å². The van der Waals surface area contributed by atoms with Gasteiger partial charge in [0.05, 0.1) is 17.7 Å². The van der Waals surface area contributed by atoms with Crippen molar-refractivity contribution in [1.29, 1.82) is 5.26 Å². The first-order valence-corrected chi connectivity index (χ1v) is 9.75. The zero-order chi connectivity index (χ0) is 18.5. The number of thiophene rings is 1. The second kappa shape index (κ2) is 8.30. The van der Waals surface area contributed by atoms with Gasteiger partial charge in [-0.1, -0.05) is 19.1 Å². The van der Waals surface area contributed by atoms with Gasteiger partial charge in [0.15, 0.2) is 5.11 Å². The lowest BCUT2D eigenvalue weighted by Gasteiger charge is -2.12. The van der Waals surface area contributed by atoms with Crippen LogP contribution < -0.4 is 15.4 Å². The summed E-state index contributed by atoms with van der Waals surface area (Å²) in [6, 6.07) is 9.32. The van der Waals surface area contributed by atoms with Gasteiger partial charge >= 0.3 is 0 Å². The monoisotopic (exact) mass is 385 g/mol. The molecule has 3 rings (SSSR count). The number of fused-ring (bicyclic) bond motifs is 1. The van der Waals surface area contributed by atoms with Gasteiger partial charge in [0.2, 0.25) is 0 Å². The fourth-order valence-electron chi connectivity index (χ4n) is 2.91. The molecule has 0 bridgehead atoms. The SMILES string of the molecule is CCCOc1ccccc1C(=O)NC(=S)Nc1sc2c(c1C#N)CCC2. The number of hydrogen-bond donors (Lipinski definition) is 2. The molecule has 1 aliphatic rings. The highest BCUT2D eigenvalue weighted by Crippen LogP contribution is 2.38. The molecule has 1 heterocycles. The highest BCUT2D eigenvalue weighted by Gasteiger charge is 2.23. The maximum absolute atomic E-state index is 12.5. The summed E-state index contributed by atoms with van der Waals surface area (Å²) < 4.78 is 5.62. The van der Waals surface area contributed by atoms with Gasteiger partial charge in [0.25, 0.3) is 5.91 Å². The van der Waals surface area contributed by atoms with Crippen LogP contribution in [-0.4, -0.2) is 17.6 Å². The fraction of sp³-hybridized carbons (Fsp3) is 0.316. The van der Waals surface area contributed by atoms with Crippen molar-refractivity contribution < 1.29 is 9.53 Å². The summed E-state index contributed by atoms with van der Waals surface area (Å²) in [7, 11) is 0. The van der Waals surface area contributed by atoms with Crippen LogP contribution in [0.4, 0.5) is 5.00 Å². The molecule has 5 nitrogen and oxygen atoms in total. The van der Waals surface area contributed by atoms with E-state index in [2.05, 4.69) is 16.7 Å². The smallest absolute Gasteiger partial charge is 0.261 e. The number of para-hydroxylation sites is 1. The molecule has 1 aliphatic carbocycles. The van der Waals surface area contributed by atoms with E-state index in [1.165, 1.54) is 4.88 Å². The van der Waals surface area contributed by atoms with Crippen molar-refractivity contribution in [3.05, 3.63) is 45.8 Å². The zero-order valence-corrected chi connectivity index (χ0v) is 16.1. The van der Waals surface area contributed by atoms with Crippen LogP contribution in [0.25, 0.3) is 0 Å². The third kappa shape index (κ3) is 3.87. The van der Waals surface area contributed by atoms with E-state index in [1.807, 2.05) is 13.0 Å². The van der Waals surface area contributed by atoms with Crippen LogP contribution in [0.5, 0.6) is 5.75 Å². The minimum Gasteiger partial charge on any atom is -0.493 e. The molecule has 26 heavy (non-hydrogen) atoms. The number of carbonyl (C=O) groups excluding carboxylic acids is 1. The minimum atomic E-state index is -0.336. The van der Waals surface area contributed by atoms with Gasteiger partial charge in [-0.25, -0.2) is 0 Å². The average molecular weight is 386 g/mol. The molecule has 2 N–H and O–H groups in total. The molecule has 0 atom stereocenters. The molecule has 0 unspecified atom stereocenters. The molecule has 1 aromatic carbocycles. The lowest BCUT2D eigenvalue weighted by atomic mass is 10.1. The van der Waals surface area contributed by atoms with Gasteiger partial charge in [-0.3, -0.25) is 10.1 Å². The number of rotatable bonds is 5. The Balaban J connectivity index is 1.70. The Bertz CT molecular complexity index is 883. The number of benzene rings is 1. The molecular weight excluding hydrogens is 366 g/mol. The van der Waals surface area contributed by atoms with Crippen LogP contribution in [0.2, 0.25) is 0 Å². The fourth-order valence-corrected chi connectivity index (χ4v) is 4.41. The van der Waals surface area contributed by atoms with Crippen LogP contribution in [0.3, 0.4) is 0 Å². The second-order valence-corrected chi connectivity index (χ2v) is 7.44. The Morgan fingerprint density at radius 3 is 2.96 bits per heavy atom. The Morgan fingerprint density at radius 2 is 2.19 bits per heavy atom. The first-order chi connectivity index (χ1) is 12.6. The molecule has 0 saturated heterocycles. The topological polar surface area (TPSA) is 74.2 Å². The van der Waals surface area contributed by atoms with Gasteiger partial charge < -0.3 is 10.1 Å². The number of aryl methyl sites for hydroxylation is 1. The predicted octanol–water partition coefficient (Wildman–Crippen LogP) is 4.02. The molecule has 0 aliphatic heterocycles. The number of thiocarbonyl (C=S) groups is 1. The van der Waals surface area contributed by atoms with Gasteiger partial charge in [-0.05, 0) is 55.6 Å². The van der Waals surface area contributed by atoms with E-state index in [1.54, 1.807) is 29.5 Å². The summed E-state index contributed by atoms with van der Waals surface area (Å²) in [5.41, 5.74) is 2.19. The Hall–Kier alpha value is -2.43. The number of hydrogen-bond acceptors (Lipinski definition) is 5. The quantitative estimate of drug-likeness (QED) is 0.761. The standard InChI is InChI=1S/C19H19N3O2S2/c1-2-10-24-15-8-4-3-6-13(15)17(23)21-19(25)22-18-14(11-20)12-7-5-9-16(12)26-18/h3-4,6,8H,2,5,7,9-10H2,1H3,(H2,21,22,23,25). The van der Waals surface area contributed by atoms with E-state index >= 15 is 0 Å². The van der Waals surface area contributed by atoms with Crippen molar-refractivity contribution in [2.24, 2.45) is 0 Å². The molecule has 1 amide bonds. The van der Waals surface area contributed by atoms with E-state index in [0.717, 1.165) is 31.2 Å². The van der Waals surface area contributed by atoms with Gasteiger partial charge in [-0.15, -0.1) is 11.3 Å². The zero-order valence-electron chi connectivity index (χ0n) is 14.4. The largest absolute Gasteiger partial charge is 0.493 e. The molecule has 0 saturated carbocycles. The molecule has 0 radical (unpaired) electrons. The Morgan fingerprint density at radius 1 is 1.38 bits per heavy atom. The number of nitriles is 1. The van der Waals surface area contributed by atoms with Crippen molar-refractivity contribution in [2.45, 2.75) is 32.6 Å². The van der Waals surface area contributed by atoms with E-state index in [-0.39, 0.29) is 11.0 Å². The van der Waals surface area contributed by atoms with Crippen molar-refractivity contribution >= 4 is 39.6 Å². The highest BCUT2D eigenvalue weighted by molar-refractivity contribution is 7.80. The van der Waals surface area contributed by atoms with Gasteiger partial charge in [0.1, 0.15) is 16.8 Å². The summed E-state index contributed by atoms with van der Waals surface area (Å²) in [6.07, 6.45) is 3.87. The number of anilines is 1. The highest BCUT2D eigenvalue weighted by atomic mass is 32.1. The summed E-state index contributed by atoms with van der Waals surface area (Å²) in [5.74, 6) is 0.194. The Labute approximate surface area is 162 Å². The number of ether oxygens (including phenoxy) is 1. The molecule has 134 valence electrons. The molecule has 7 heteroatoms. The third-order valence-electron chi connectivity index (χ3n) is 4.08. The maximum atomic E-state index is 12.5. The second-order valence-electron chi connectivity index (χ2n) is 5.93. The first kappa shape index (κ1) is 18.4. The summed E-state index contributed by atoms with van der Waals surface area (Å²) in [6.45, 7) is 2.55. The lowest BCUT2D eigenvalue weighted by Crippen LogP contribution is -2.34. The van der Waals surface area contributed by atoms with E-state index in [9.17, 15) is 10.1 Å². The molecular formula is C19H19N3O2S2. The van der Waals surface area contributed by atoms with Crippen molar-refractivity contribution in [2.75, 3.05) is 11.9 Å². The number of nitrogens with zero attached hydrogens (tertiary/aromatic N) is 1. The number of carbonyl (C=O) groups is 1. The van der Waals surface area contributed by atoms with Crippen molar-refractivity contribution in [3.8, 4) is 11.8 Å². The maximum Gasteiger partial charge on any atom is 0.261 e. The van der Waals surface area contributed by atoms with Crippen LogP contribution in [0.1, 0.15) is 46.1 Å². The third-order valence-corrected chi connectivity index (χ3v) is 5.49. The van der Waals surface area contributed by atoms with Crippen molar-refractivity contribution in [3.63, 3.8) is 0 Å². The molecule has 0 spiro atoms. The molecule has 0 fully saturated rings. The lowest BCUT2D eigenvalue weighted by molar-refractivity contribution is 0.0973. The van der Waals surface area contributed by atoms with E-state index < -0.39 is 0 Å². The first-order valence-electron chi connectivity index (χ1n) is 8.52. The minimum absolute atomic E-state index is 0.178.